The standard InChI is InChI=1S/C15H14F3NO2/c1-10(20)14-13(15(16,17)18)12(7-8-19-14)21-9-11-5-3-2-4-6-11/h2-8,10,20H,9H2,1H3. The molecule has 3 nitrogen and oxygen atoms in total. The highest BCUT2D eigenvalue weighted by atomic mass is 19.4. The van der Waals surface area contributed by atoms with Crippen molar-refractivity contribution in [2.75, 3.05) is 0 Å². The van der Waals surface area contributed by atoms with Gasteiger partial charge in [0.05, 0.1) is 11.8 Å². The average molecular weight is 297 g/mol. The molecule has 1 atom stereocenters. The monoisotopic (exact) mass is 297 g/mol. The van der Waals surface area contributed by atoms with Crippen molar-refractivity contribution in [3.63, 3.8) is 0 Å². The van der Waals surface area contributed by atoms with E-state index < -0.39 is 23.5 Å². The van der Waals surface area contributed by atoms with Crippen LogP contribution in [0, 0.1) is 0 Å². The largest absolute Gasteiger partial charge is 0.488 e. The second kappa shape index (κ2) is 6.13. The Balaban J connectivity index is 2.33. The van der Waals surface area contributed by atoms with Crippen molar-refractivity contribution in [3.05, 3.63) is 59.4 Å². The zero-order valence-corrected chi connectivity index (χ0v) is 11.3. The molecular formula is C15H14F3NO2. The number of aliphatic hydroxyl groups excluding tert-OH is 1. The molecule has 0 aliphatic rings. The Bertz CT molecular complexity index is 598. The number of alkyl halides is 3. The van der Waals surface area contributed by atoms with Gasteiger partial charge in [-0.3, -0.25) is 4.98 Å². The predicted octanol–water partition coefficient (Wildman–Crippen LogP) is 3.73. The van der Waals surface area contributed by atoms with Gasteiger partial charge < -0.3 is 9.84 Å². The molecule has 0 bridgehead atoms. The minimum Gasteiger partial charge on any atom is -0.488 e. The van der Waals surface area contributed by atoms with E-state index in [1.807, 2.05) is 6.07 Å². The van der Waals surface area contributed by atoms with Gasteiger partial charge in [-0.1, -0.05) is 30.3 Å². The fourth-order valence-corrected chi connectivity index (χ4v) is 1.92. The summed E-state index contributed by atoms with van der Waals surface area (Å²) in [6.45, 7) is 1.24. The Morgan fingerprint density at radius 2 is 1.86 bits per heavy atom. The minimum absolute atomic E-state index is 0.00713. The van der Waals surface area contributed by atoms with Gasteiger partial charge in [-0.15, -0.1) is 0 Å². The van der Waals surface area contributed by atoms with Gasteiger partial charge in [-0.2, -0.15) is 13.2 Å². The molecule has 21 heavy (non-hydrogen) atoms. The van der Waals surface area contributed by atoms with Crippen LogP contribution in [0.2, 0.25) is 0 Å². The third-order valence-electron chi connectivity index (χ3n) is 2.86. The molecule has 0 aliphatic heterocycles. The van der Waals surface area contributed by atoms with Crippen molar-refractivity contribution in [3.8, 4) is 5.75 Å². The molecule has 1 heterocycles. The van der Waals surface area contributed by atoms with E-state index >= 15 is 0 Å². The van der Waals surface area contributed by atoms with E-state index in [0.717, 1.165) is 11.6 Å². The number of nitrogens with zero attached hydrogens (tertiary/aromatic N) is 1. The van der Waals surface area contributed by atoms with E-state index in [-0.39, 0.29) is 12.4 Å². The molecule has 6 heteroatoms. The van der Waals surface area contributed by atoms with Gasteiger partial charge in [0.2, 0.25) is 0 Å². The highest BCUT2D eigenvalue weighted by Gasteiger charge is 2.39. The zero-order valence-electron chi connectivity index (χ0n) is 11.3. The van der Waals surface area contributed by atoms with Crippen molar-refractivity contribution in [1.82, 2.24) is 4.98 Å². The van der Waals surface area contributed by atoms with Crippen LogP contribution in [-0.2, 0) is 12.8 Å². The number of aliphatic hydroxyl groups is 1. The Hall–Kier alpha value is -2.08. The third-order valence-corrected chi connectivity index (χ3v) is 2.86. The SMILES string of the molecule is CC(O)c1nccc(OCc2ccccc2)c1C(F)(F)F. The first-order chi connectivity index (χ1) is 9.89. The topological polar surface area (TPSA) is 42.4 Å². The van der Waals surface area contributed by atoms with E-state index in [4.69, 9.17) is 4.74 Å². The number of rotatable bonds is 4. The van der Waals surface area contributed by atoms with E-state index in [1.165, 1.54) is 13.1 Å². The molecule has 0 saturated heterocycles. The highest BCUT2D eigenvalue weighted by molar-refractivity contribution is 5.39. The molecule has 0 spiro atoms. The molecule has 0 saturated carbocycles. The van der Waals surface area contributed by atoms with Crippen LogP contribution in [0.3, 0.4) is 0 Å². The molecule has 2 rings (SSSR count). The molecule has 0 amide bonds. The normalized spacial score (nSPS) is 13.0. The minimum atomic E-state index is -4.65. The average Bonchev–Trinajstić information content (AvgIpc) is 2.44. The van der Waals surface area contributed by atoms with Gasteiger partial charge in [-0.05, 0) is 18.6 Å². The van der Waals surface area contributed by atoms with Crippen LogP contribution in [0.25, 0.3) is 0 Å². The fraction of sp³-hybridized carbons (Fsp3) is 0.267. The van der Waals surface area contributed by atoms with Gasteiger partial charge >= 0.3 is 6.18 Å². The third kappa shape index (κ3) is 3.72. The summed E-state index contributed by atoms with van der Waals surface area (Å²) < 4.78 is 44.8. The van der Waals surface area contributed by atoms with E-state index in [2.05, 4.69) is 4.98 Å². The first-order valence-corrected chi connectivity index (χ1v) is 6.30. The van der Waals surface area contributed by atoms with Gasteiger partial charge in [0.15, 0.2) is 0 Å². The second-order valence-corrected chi connectivity index (χ2v) is 4.52. The van der Waals surface area contributed by atoms with Gasteiger partial charge in [0.1, 0.15) is 17.9 Å². The van der Waals surface area contributed by atoms with Crippen LogP contribution in [0.5, 0.6) is 5.75 Å². The van der Waals surface area contributed by atoms with E-state index in [0.29, 0.717) is 0 Å². The van der Waals surface area contributed by atoms with Crippen LogP contribution in [0.1, 0.15) is 29.8 Å². The predicted molar refractivity (Wildman–Crippen MR) is 70.6 cm³/mol. The van der Waals surface area contributed by atoms with Crippen molar-refractivity contribution in [2.45, 2.75) is 25.8 Å². The van der Waals surface area contributed by atoms with Crippen molar-refractivity contribution >= 4 is 0 Å². The van der Waals surface area contributed by atoms with Crippen molar-refractivity contribution in [2.24, 2.45) is 0 Å². The highest BCUT2D eigenvalue weighted by Crippen LogP contribution is 2.40. The quantitative estimate of drug-likeness (QED) is 0.935. The smallest absolute Gasteiger partial charge is 0.421 e. The number of benzene rings is 1. The Labute approximate surface area is 120 Å². The van der Waals surface area contributed by atoms with Crippen LogP contribution in [-0.4, -0.2) is 10.1 Å². The van der Waals surface area contributed by atoms with Gasteiger partial charge in [-0.25, -0.2) is 0 Å². The molecule has 112 valence electrons. The molecule has 2 aromatic rings. The summed E-state index contributed by atoms with van der Waals surface area (Å²) in [6, 6.07) is 10.0. The zero-order chi connectivity index (χ0) is 15.5. The van der Waals surface area contributed by atoms with Crippen LogP contribution in [0.15, 0.2) is 42.6 Å². The molecule has 1 aromatic heterocycles. The summed E-state index contributed by atoms with van der Waals surface area (Å²) in [5, 5.41) is 9.46. The Morgan fingerprint density at radius 3 is 2.43 bits per heavy atom. The number of halogens is 3. The van der Waals surface area contributed by atoms with Crippen LogP contribution in [0.4, 0.5) is 13.2 Å². The number of hydrogen-bond donors (Lipinski definition) is 1. The maximum absolute atomic E-state index is 13.2. The van der Waals surface area contributed by atoms with Crippen molar-refractivity contribution < 1.29 is 23.0 Å². The number of aromatic nitrogens is 1. The van der Waals surface area contributed by atoms with Crippen LogP contribution < -0.4 is 4.74 Å². The lowest BCUT2D eigenvalue weighted by atomic mass is 10.1. The number of ether oxygens (including phenoxy) is 1. The maximum Gasteiger partial charge on any atom is 0.421 e. The Morgan fingerprint density at radius 1 is 1.19 bits per heavy atom. The number of hydrogen-bond acceptors (Lipinski definition) is 3. The lowest BCUT2D eigenvalue weighted by Crippen LogP contribution is -2.15. The Kier molecular flexibility index (Phi) is 4.47. The van der Waals surface area contributed by atoms with E-state index in [9.17, 15) is 18.3 Å². The van der Waals surface area contributed by atoms with Crippen molar-refractivity contribution in [1.29, 1.82) is 0 Å². The first-order valence-electron chi connectivity index (χ1n) is 6.30. The number of pyridine rings is 1. The molecule has 1 aromatic carbocycles. The summed E-state index contributed by atoms with van der Waals surface area (Å²) in [5.74, 6) is -0.336. The summed E-state index contributed by atoms with van der Waals surface area (Å²) in [7, 11) is 0. The summed E-state index contributed by atoms with van der Waals surface area (Å²) >= 11 is 0. The molecule has 0 aliphatic carbocycles. The second-order valence-electron chi connectivity index (χ2n) is 4.52. The fourth-order valence-electron chi connectivity index (χ4n) is 1.92. The molecule has 0 radical (unpaired) electrons. The lowest BCUT2D eigenvalue weighted by Gasteiger charge is -2.18. The molecule has 1 N–H and O–H groups in total. The lowest BCUT2D eigenvalue weighted by molar-refractivity contribution is -0.140. The first kappa shape index (κ1) is 15.3. The summed E-state index contributed by atoms with van der Waals surface area (Å²) in [6.07, 6.45) is -4.79. The molecule has 1 unspecified atom stereocenters. The molecular weight excluding hydrogens is 283 g/mol. The summed E-state index contributed by atoms with van der Waals surface area (Å²) in [4.78, 5) is 3.61. The maximum atomic E-state index is 13.2. The van der Waals surface area contributed by atoms with Gasteiger partial charge in [0.25, 0.3) is 0 Å². The molecule has 0 fully saturated rings. The van der Waals surface area contributed by atoms with E-state index in [1.54, 1.807) is 24.3 Å². The summed E-state index contributed by atoms with van der Waals surface area (Å²) in [5.41, 5.74) is -0.718. The van der Waals surface area contributed by atoms with Gasteiger partial charge in [0, 0.05) is 6.20 Å². The van der Waals surface area contributed by atoms with Crippen LogP contribution >= 0.6 is 0 Å².